The Labute approximate surface area is 109 Å². The lowest BCUT2D eigenvalue weighted by Crippen LogP contribution is -2.54. The zero-order valence-electron chi connectivity index (χ0n) is 11.2. The molecule has 1 amide bonds. The Hall–Kier alpha value is -0.220. The molecule has 3 atom stereocenters. The number of nitrogens with one attached hydrogen (secondary N) is 1. The van der Waals surface area contributed by atoms with Crippen molar-refractivity contribution in [2.75, 3.05) is 25.4 Å². The van der Waals surface area contributed by atoms with Gasteiger partial charge in [-0.15, -0.1) is 0 Å². The van der Waals surface area contributed by atoms with E-state index < -0.39 is 0 Å². The van der Waals surface area contributed by atoms with E-state index in [-0.39, 0.29) is 5.41 Å². The Kier molecular flexibility index (Phi) is 4.03. The van der Waals surface area contributed by atoms with E-state index in [1.807, 2.05) is 11.8 Å². The molecule has 2 rings (SSSR count). The summed E-state index contributed by atoms with van der Waals surface area (Å²) in [6.07, 6.45) is 1.97. The summed E-state index contributed by atoms with van der Waals surface area (Å²) >= 11 is 1.99. The van der Waals surface area contributed by atoms with Gasteiger partial charge in [-0.05, 0) is 26.3 Å². The average Bonchev–Trinajstić information content (AvgIpc) is 2.82. The van der Waals surface area contributed by atoms with E-state index in [1.54, 1.807) is 0 Å². The highest BCUT2D eigenvalue weighted by molar-refractivity contribution is 8.00. The van der Waals surface area contributed by atoms with Crippen LogP contribution >= 0.6 is 11.8 Å². The van der Waals surface area contributed by atoms with Crippen molar-refractivity contribution in [1.82, 2.24) is 10.2 Å². The van der Waals surface area contributed by atoms with E-state index in [0.29, 0.717) is 17.2 Å². The topological polar surface area (TPSA) is 32.3 Å². The Morgan fingerprint density at radius 2 is 2.29 bits per heavy atom. The van der Waals surface area contributed by atoms with Gasteiger partial charge >= 0.3 is 0 Å². The first-order chi connectivity index (χ1) is 8.10. The third kappa shape index (κ3) is 2.34. The Balaban J connectivity index is 2.12. The summed E-state index contributed by atoms with van der Waals surface area (Å²) in [5.41, 5.74) is -0.115. The quantitative estimate of drug-likeness (QED) is 0.816. The van der Waals surface area contributed by atoms with E-state index in [0.717, 1.165) is 38.2 Å². The van der Waals surface area contributed by atoms with Crippen LogP contribution in [0.4, 0.5) is 0 Å². The first kappa shape index (κ1) is 13.2. The minimum Gasteiger partial charge on any atom is -0.338 e. The summed E-state index contributed by atoms with van der Waals surface area (Å²) < 4.78 is 0. The first-order valence-electron chi connectivity index (χ1n) is 6.74. The summed E-state index contributed by atoms with van der Waals surface area (Å²) in [7, 11) is 0. The maximum atomic E-state index is 12.8. The molecule has 3 nitrogen and oxygen atoms in total. The fraction of sp³-hybridized carbons (Fsp3) is 0.923. The van der Waals surface area contributed by atoms with Crippen molar-refractivity contribution < 1.29 is 4.79 Å². The second-order valence-corrected chi connectivity index (χ2v) is 6.86. The number of rotatable bonds is 2. The number of amides is 1. The molecule has 17 heavy (non-hydrogen) atoms. The first-order valence-corrected chi connectivity index (χ1v) is 7.79. The molecule has 0 spiro atoms. The van der Waals surface area contributed by atoms with Gasteiger partial charge in [0.05, 0.1) is 5.41 Å². The Morgan fingerprint density at radius 1 is 1.53 bits per heavy atom. The molecule has 0 radical (unpaired) electrons. The van der Waals surface area contributed by atoms with Crippen LogP contribution < -0.4 is 5.32 Å². The van der Waals surface area contributed by atoms with E-state index in [1.165, 1.54) is 0 Å². The van der Waals surface area contributed by atoms with E-state index in [9.17, 15) is 4.79 Å². The Bertz CT molecular complexity index is 289. The highest BCUT2D eigenvalue weighted by Gasteiger charge is 2.44. The van der Waals surface area contributed by atoms with Crippen LogP contribution in [0.5, 0.6) is 0 Å². The van der Waals surface area contributed by atoms with Gasteiger partial charge < -0.3 is 10.2 Å². The average molecular weight is 256 g/mol. The van der Waals surface area contributed by atoms with Crippen LogP contribution in [0.1, 0.15) is 33.6 Å². The van der Waals surface area contributed by atoms with Crippen molar-refractivity contribution in [2.45, 2.75) is 44.9 Å². The SMILES string of the molecule is CCC1(C(=O)N2CCSC(C)C2C)CCNC1. The molecule has 2 heterocycles. The van der Waals surface area contributed by atoms with Crippen molar-refractivity contribution in [3.63, 3.8) is 0 Å². The molecule has 0 aliphatic carbocycles. The van der Waals surface area contributed by atoms with Gasteiger partial charge in [-0.2, -0.15) is 11.8 Å². The lowest BCUT2D eigenvalue weighted by molar-refractivity contribution is -0.143. The largest absolute Gasteiger partial charge is 0.338 e. The molecule has 2 aliphatic rings. The molecule has 0 saturated carbocycles. The number of thioether (sulfide) groups is 1. The van der Waals surface area contributed by atoms with Crippen molar-refractivity contribution in [3.8, 4) is 0 Å². The minimum absolute atomic E-state index is 0.115. The molecular weight excluding hydrogens is 232 g/mol. The molecular formula is C13H24N2OS. The van der Waals surface area contributed by atoms with Crippen molar-refractivity contribution in [2.24, 2.45) is 5.41 Å². The smallest absolute Gasteiger partial charge is 0.230 e. The van der Waals surface area contributed by atoms with Crippen LogP contribution in [0, 0.1) is 5.41 Å². The number of hydrogen-bond donors (Lipinski definition) is 1. The standard InChI is InChI=1S/C13H24N2OS/c1-4-13(5-6-14-9-13)12(16)15-7-8-17-11(3)10(15)2/h10-11,14H,4-9H2,1-3H3. The lowest BCUT2D eigenvalue weighted by Gasteiger charge is -2.42. The van der Waals surface area contributed by atoms with Gasteiger partial charge in [0.2, 0.25) is 5.91 Å². The third-order valence-corrected chi connectivity index (χ3v) is 5.86. The number of nitrogens with zero attached hydrogens (tertiary/aromatic N) is 1. The molecule has 4 heteroatoms. The molecule has 0 bridgehead atoms. The van der Waals surface area contributed by atoms with Gasteiger partial charge in [-0.25, -0.2) is 0 Å². The third-order valence-electron chi connectivity index (χ3n) is 4.52. The molecule has 2 fully saturated rings. The maximum Gasteiger partial charge on any atom is 0.230 e. The van der Waals surface area contributed by atoms with Gasteiger partial charge in [0.1, 0.15) is 0 Å². The van der Waals surface area contributed by atoms with Crippen LogP contribution in [-0.4, -0.2) is 47.5 Å². The fourth-order valence-electron chi connectivity index (χ4n) is 2.90. The van der Waals surface area contributed by atoms with Gasteiger partial charge in [0.25, 0.3) is 0 Å². The van der Waals surface area contributed by atoms with Gasteiger partial charge in [-0.1, -0.05) is 13.8 Å². The molecule has 0 aromatic heterocycles. The van der Waals surface area contributed by atoms with Gasteiger partial charge in [-0.3, -0.25) is 4.79 Å². The van der Waals surface area contributed by atoms with Crippen LogP contribution in [0.25, 0.3) is 0 Å². The zero-order chi connectivity index (χ0) is 12.5. The van der Waals surface area contributed by atoms with Gasteiger partial charge in [0, 0.05) is 30.1 Å². The molecule has 2 saturated heterocycles. The molecule has 3 unspecified atom stereocenters. The molecule has 0 aromatic carbocycles. The summed E-state index contributed by atoms with van der Waals surface area (Å²) in [4.78, 5) is 14.9. The molecule has 98 valence electrons. The number of hydrogen-bond acceptors (Lipinski definition) is 3. The van der Waals surface area contributed by atoms with Crippen LogP contribution in [0.15, 0.2) is 0 Å². The highest BCUT2D eigenvalue weighted by atomic mass is 32.2. The molecule has 2 aliphatic heterocycles. The Morgan fingerprint density at radius 3 is 2.88 bits per heavy atom. The molecule has 1 N–H and O–H groups in total. The fourth-order valence-corrected chi connectivity index (χ4v) is 4.00. The second-order valence-electron chi connectivity index (χ2n) is 5.38. The number of carbonyl (C=O) groups excluding carboxylic acids is 1. The predicted octanol–water partition coefficient (Wildman–Crippen LogP) is 1.73. The predicted molar refractivity (Wildman–Crippen MR) is 73.3 cm³/mol. The minimum atomic E-state index is -0.115. The summed E-state index contributed by atoms with van der Waals surface area (Å²) in [5.74, 6) is 1.48. The van der Waals surface area contributed by atoms with Crippen molar-refractivity contribution in [1.29, 1.82) is 0 Å². The maximum absolute atomic E-state index is 12.8. The van der Waals surface area contributed by atoms with Crippen LogP contribution in [-0.2, 0) is 4.79 Å². The van der Waals surface area contributed by atoms with E-state index >= 15 is 0 Å². The van der Waals surface area contributed by atoms with Crippen molar-refractivity contribution >= 4 is 17.7 Å². The summed E-state index contributed by atoms with van der Waals surface area (Å²) in [5, 5.41) is 3.92. The highest BCUT2D eigenvalue weighted by Crippen LogP contribution is 2.35. The number of carbonyl (C=O) groups is 1. The monoisotopic (exact) mass is 256 g/mol. The lowest BCUT2D eigenvalue weighted by atomic mass is 9.82. The normalized spacial score (nSPS) is 38.4. The van der Waals surface area contributed by atoms with E-state index in [4.69, 9.17) is 0 Å². The summed E-state index contributed by atoms with van der Waals surface area (Å²) in [6.45, 7) is 9.37. The van der Waals surface area contributed by atoms with Gasteiger partial charge in [0.15, 0.2) is 0 Å². The zero-order valence-corrected chi connectivity index (χ0v) is 12.0. The van der Waals surface area contributed by atoms with Crippen LogP contribution in [0.3, 0.4) is 0 Å². The summed E-state index contributed by atoms with van der Waals surface area (Å²) in [6, 6.07) is 0.380. The molecule has 0 aromatic rings. The van der Waals surface area contributed by atoms with Crippen LogP contribution in [0.2, 0.25) is 0 Å². The second kappa shape index (κ2) is 5.19. The van der Waals surface area contributed by atoms with Crippen molar-refractivity contribution in [3.05, 3.63) is 0 Å². The van der Waals surface area contributed by atoms with E-state index in [2.05, 4.69) is 31.0 Å².